The molecule has 0 unspecified atom stereocenters. The van der Waals surface area contributed by atoms with Gasteiger partial charge in [-0.15, -0.1) is 12.4 Å². The summed E-state index contributed by atoms with van der Waals surface area (Å²) in [7, 11) is -3.12. The fourth-order valence-electron chi connectivity index (χ4n) is 1.14. The molecule has 5 heteroatoms. The molecule has 1 aromatic carbocycles. The summed E-state index contributed by atoms with van der Waals surface area (Å²) in [5, 5.41) is 0. The van der Waals surface area contributed by atoms with Crippen LogP contribution in [-0.4, -0.2) is 20.7 Å². The molecule has 0 amide bonds. The van der Waals surface area contributed by atoms with E-state index in [9.17, 15) is 8.42 Å². The van der Waals surface area contributed by atoms with Gasteiger partial charge in [0.15, 0.2) is 9.84 Å². The van der Waals surface area contributed by atoms with Crippen LogP contribution in [0, 0.1) is 6.92 Å². The van der Waals surface area contributed by atoms with Gasteiger partial charge >= 0.3 is 0 Å². The van der Waals surface area contributed by atoms with Crippen LogP contribution in [0.2, 0.25) is 0 Å². The Labute approximate surface area is 97.0 Å². The Kier molecular flexibility index (Phi) is 5.87. The first-order valence-electron chi connectivity index (χ1n) is 4.56. The Morgan fingerprint density at radius 1 is 1.20 bits per heavy atom. The maximum atomic E-state index is 11.6. The van der Waals surface area contributed by atoms with Crippen molar-refractivity contribution in [1.82, 2.24) is 0 Å². The summed E-state index contributed by atoms with van der Waals surface area (Å²) in [6, 6.07) is 6.88. The van der Waals surface area contributed by atoms with Crippen molar-refractivity contribution in [2.45, 2.75) is 18.2 Å². The van der Waals surface area contributed by atoms with Crippen molar-refractivity contribution in [3.63, 3.8) is 0 Å². The Morgan fingerprint density at radius 3 is 2.20 bits per heavy atom. The van der Waals surface area contributed by atoms with E-state index in [1.54, 1.807) is 24.3 Å². The van der Waals surface area contributed by atoms with Crippen LogP contribution in [0.1, 0.15) is 12.0 Å². The molecule has 0 aromatic heterocycles. The summed E-state index contributed by atoms with van der Waals surface area (Å²) in [4.78, 5) is 0.386. The zero-order valence-corrected chi connectivity index (χ0v) is 10.3. The Morgan fingerprint density at radius 2 is 1.73 bits per heavy atom. The van der Waals surface area contributed by atoms with Crippen molar-refractivity contribution in [3.05, 3.63) is 29.8 Å². The highest BCUT2D eigenvalue weighted by Gasteiger charge is 2.12. The van der Waals surface area contributed by atoms with E-state index in [1.807, 2.05) is 6.92 Å². The molecule has 0 bridgehead atoms. The fraction of sp³-hybridized carbons (Fsp3) is 0.400. The molecule has 15 heavy (non-hydrogen) atoms. The summed E-state index contributed by atoms with van der Waals surface area (Å²) in [5.41, 5.74) is 6.33. The monoisotopic (exact) mass is 249 g/mol. The third-order valence-electron chi connectivity index (χ3n) is 2.00. The average molecular weight is 250 g/mol. The SMILES string of the molecule is Cc1ccc(S(=O)(=O)CCCN)cc1.Cl. The number of benzene rings is 1. The van der Waals surface area contributed by atoms with Gasteiger partial charge in [-0.1, -0.05) is 17.7 Å². The van der Waals surface area contributed by atoms with Crippen molar-refractivity contribution in [1.29, 1.82) is 0 Å². The normalized spacial score (nSPS) is 10.8. The highest BCUT2D eigenvalue weighted by atomic mass is 35.5. The topological polar surface area (TPSA) is 60.2 Å². The first-order chi connectivity index (χ1) is 6.56. The first-order valence-corrected chi connectivity index (χ1v) is 6.21. The van der Waals surface area contributed by atoms with Crippen LogP contribution in [0.15, 0.2) is 29.2 Å². The molecule has 0 aliphatic heterocycles. The molecule has 1 rings (SSSR count). The third kappa shape index (κ3) is 4.20. The largest absolute Gasteiger partial charge is 0.330 e. The number of hydrogen-bond donors (Lipinski definition) is 1. The van der Waals surface area contributed by atoms with Gasteiger partial charge in [-0.3, -0.25) is 0 Å². The molecule has 0 radical (unpaired) electrons. The summed E-state index contributed by atoms with van der Waals surface area (Å²) < 4.78 is 23.3. The Hall–Kier alpha value is -0.580. The highest BCUT2D eigenvalue weighted by Crippen LogP contribution is 2.12. The van der Waals surface area contributed by atoms with E-state index in [-0.39, 0.29) is 18.2 Å². The first kappa shape index (κ1) is 14.4. The molecule has 0 aliphatic rings. The van der Waals surface area contributed by atoms with Gasteiger partial charge in [-0.05, 0) is 32.0 Å². The van der Waals surface area contributed by atoms with Crippen molar-refractivity contribution in [2.24, 2.45) is 5.73 Å². The van der Waals surface area contributed by atoms with Gasteiger partial charge in [0.1, 0.15) is 0 Å². The van der Waals surface area contributed by atoms with Crippen LogP contribution in [0.3, 0.4) is 0 Å². The van der Waals surface area contributed by atoms with Crippen LogP contribution < -0.4 is 5.73 Å². The molecule has 0 heterocycles. The fourth-order valence-corrected chi connectivity index (χ4v) is 2.47. The minimum atomic E-state index is -3.12. The molecule has 0 saturated heterocycles. The van der Waals surface area contributed by atoms with E-state index in [2.05, 4.69) is 0 Å². The Bertz CT molecular complexity index is 386. The third-order valence-corrected chi connectivity index (χ3v) is 3.81. The number of rotatable bonds is 4. The maximum absolute atomic E-state index is 11.6. The van der Waals surface area contributed by atoms with E-state index in [4.69, 9.17) is 5.73 Å². The summed E-state index contributed by atoms with van der Waals surface area (Å²) in [6.45, 7) is 2.33. The summed E-state index contributed by atoms with van der Waals surface area (Å²) >= 11 is 0. The van der Waals surface area contributed by atoms with Crippen molar-refractivity contribution < 1.29 is 8.42 Å². The molecule has 1 aromatic rings. The van der Waals surface area contributed by atoms with E-state index in [0.29, 0.717) is 17.9 Å². The lowest BCUT2D eigenvalue weighted by molar-refractivity contribution is 0.593. The van der Waals surface area contributed by atoms with Crippen LogP contribution in [-0.2, 0) is 9.84 Å². The number of aryl methyl sites for hydroxylation is 1. The zero-order chi connectivity index (χ0) is 10.6. The van der Waals surface area contributed by atoms with Gasteiger partial charge in [0.25, 0.3) is 0 Å². The molecular weight excluding hydrogens is 234 g/mol. The van der Waals surface area contributed by atoms with Crippen LogP contribution in [0.5, 0.6) is 0 Å². The lowest BCUT2D eigenvalue weighted by Crippen LogP contribution is -2.11. The second kappa shape index (κ2) is 6.10. The molecule has 0 saturated carbocycles. The van der Waals surface area contributed by atoms with Crippen LogP contribution >= 0.6 is 12.4 Å². The van der Waals surface area contributed by atoms with Gasteiger partial charge in [0.05, 0.1) is 10.6 Å². The molecule has 0 aliphatic carbocycles. The average Bonchev–Trinajstić information content (AvgIpc) is 2.16. The van der Waals surface area contributed by atoms with Crippen molar-refractivity contribution in [3.8, 4) is 0 Å². The number of sulfone groups is 1. The quantitative estimate of drug-likeness (QED) is 0.881. The molecule has 0 atom stereocenters. The standard InChI is InChI=1S/C10H15NO2S.ClH/c1-9-3-5-10(6-4-9)14(12,13)8-2-7-11;/h3-6H,2,7-8,11H2,1H3;1H. The van der Waals surface area contributed by atoms with Crippen LogP contribution in [0.4, 0.5) is 0 Å². The van der Waals surface area contributed by atoms with Gasteiger partial charge in [0, 0.05) is 0 Å². The summed E-state index contributed by atoms with van der Waals surface area (Å²) in [5.74, 6) is 0.132. The van der Waals surface area contributed by atoms with Crippen molar-refractivity contribution in [2.75, 3.05) is 12.3 Å². The zero-order valence-electron chi connectivity index (χ0n) is 8.64. The number of halogens is 1. The van der Waals surface area contributed by atoms with E-state index < -0.39 is 9.84 Å². The van der Waals surface area contributed by atoms with E-state index in [1.165, 1.54) is 0 Å². The van der Waals surface area contributed by atoms with Gasteiger partial charge < -0.3 is 5.73 Å². The van der Waals surface area contributed by atoms with Gasteiger partial charge in [-0.2, -0.15) is 0 Å². The molecule has 2 N–H and O–H groups in total. The van der Waals surface area contributed by atoms with Crippen LogP contribution in [0.25, 0.3) is 0 Å². The van der Waals surface area contributed by atoms with E-state index >= 15 is 0 Å². The lowest BCUT2D eigenvalue weighted by atomic mass is 10.2. The van der Waals surface area contributed by atoms with Crippen molar-refractivity contribution >= 4 is 22.2 Å². The minimum absolute atomic E-state index is 0. The molecular formula is C10H16ClNO2S. The predicted octanol–water partition coefficient (Wildman–Crippen LogP) is 1.54. The lowest BCUT2D eigenvalue weighted by Gasteiger charge is -2.03. The molecule has 86 valence electrons. The van der Waals surface area contributed by atoms with E-state index in [0.717, 1.165) is 5.56 Å². The second-order valence-corrected chi connectivity index (χ2v) is 5.38. The number of hydrogen-bond acceptors (Lipinski definition) is 3. The molecule has 0 fully saturated rings. The molecule has 3 nitrogen and oxygen atoms in total. The highest BCUT2D eigenvalue weighted by molar-refractivity contribution is 7.91. The smallest absolute Gasteiger partial charge is 0.178 e. The Balaban J connectivity index is 0.00000196. The van der Waals surface area contributed by atoms with Gasteiger partial charge in [0.2, 0.25) is 0 Å². The van der Waals surface area contributed by atoms with Gasteiger partial charge in [-0.25, -0.2) is 8.42 Å². The maximum Gasteiger partial charge on any atom is 0.178 e. The number of nitrogens with two attached hydrogens (primary N) is 1. The minimum Gasteiger partial charge on any atom is -0.330 e. The second-order valence-electron chi connectivity index (χ2n) is 3.27. The molecule has 0 spiro atoms. The summed E-state index contributed by atoms with van der Waals surface area (Å²) in [6.07, 6.45) is 0.510. The predicted molar refractivity (Wildman–Crippen MR) is 64.2 cm³/mol.